The van der Waals surface area contributed by atoms with Crippen LogP contribution in [0.4, 0.5) is 4.39 Å². The minimum Gasteiger partial charge on any atom is -0.207 e. The molecule has 2 rings (SSSR count). The first-order chi connectivity index (χ1) is 6.76. The standard InChI is InChI=1S/C11H10ClFS/c1-2-7-5-8-9(6-12)10(13)3-4-11(8)14-7/h3-5H,2,6H2,1H3. The van der Waals surface area contributed by atoms with Gasteiger partial charge < -0.3 is 0 Å². The molecule has 2 aromatic rings. The van der Waals surface area contributed by atoms with Crippen molar-refractivity contribution >= 4 is 33.0 Å². The summed E-state index contributed by atoms with van der Waals surface area (Å²) in [7, 11) is 0. The van der Waals surface area contributed by atoms with E-state index in [1.54, 1.807) is 11.3 Å². The molecular formula is C11H10ClFS. The molecule has 0 radical (unpaired) electrons. The Labute approximate surface area is 91.3 Å². The number of halogens is 2. The molecule has 0 spiro atoms. The molecule has 74 valence electrons. The number of hydrogen-bond donors (Lipinski definition) is 0. The number of hydrogen-bond acceptors (Lipinski definition) is 1. The SMILES string of the molecule is CCc1cc2c(CCl)c(F)ccc2s1. The highest BCUT2D eigenvalue weighted by atomic mass is 35.5. The van der Waals surface area contributed by atoms with Crippen LogP contribution in [0.2, 0.25) is 0 Å². The quantitative estimate of drug-likeness (QED) is 0.671. The second-order valence-electron chi connectivity index (χ2n) is 3.14. The Kier molecular flexibility index (Phi) is 2.75. The monoisotopic (exact) mass is 228 g/mol. The molecule has 3 heteroatoms. The van der Waals surface area contributed by atoms with Crippen LogP contribution in [-0.4, -0.2) is 0 Å². The Morgan fingerprint density at radius 3 is 2.86 bits per heavy atom. The van der Waals surface area contributed by atoms with Gasteiger partial charge in [0.1, 0.15) is 5.82 Å². The van der Waals surface area contributed by atoms with Gasteiger partial charge in [0.25, 0.3) is 0 Å². The first-order valence-corrected chi connectivity index (χ1v) is 5.87. The highest BCUT2D eigenvalue weighted by Gasteiger charge is 2.09. The third-order valence-electron chi connectivity index (χ3n) is 2.29. The van der Waals surface area contributed by atoms with Gasteiger partial charge in [0, 0.05) is 20.5 Å². The molecule has 0 bridgehead atoms. The summed E-state index contributed by atoms with van der Waals surface area (Å²) < 4.78 is 14.5. The van der Waals surface area contributed by atoms with Crippen LogP contribution in [0.5, 0.6) is 0 Å². The fourth-order valence-corrected chi connectivity index (χ4v) is 2.81. The molecule has 0 nitrogen and oxygen atoms in total. The minimum absolute atomic E-state index is 0.201. The molecule has 1 heterocycles. The van der Waals surface area contributed by atoms with E-state index in [1.807, 2.05) is 12.1 Å². The van der Waals surface area contributed by atoms with E-state index in [1.165, 1.54) is 10.9 Å². The van der Waals surface area contributed by atoms with Crippen LogP contribution in [0.25, 0.3) is 10.1 Å². The summed E-state index contributed by atoms with van der Waals surface area (Å²) in [5.41, 5.74) is 0.625. The normalized spacial score (nSPS) is 11.1. The van der Waals surface area contributed by atoms with Crippen LogP contribution in [0, 0.1) is 5.82 Å². The number of thiophene rings is 1. The van der Waals surface area contributed by atoms with Crippen molar-refractivity contribution < 1.29 is 4.39 Å². The summed E-state index contributed by atoms with van der Waals surface area (Å²) in [5.74, 6) is 0.0382. The van der Waals surface area contributed by atoms with Gasteiger partial charge in [-0.3, -0.25) is 0 Å². The van der Waals surface area contributed by atoms with Gasteiger partial charge in [-0.2, -0.15) is 0 Å². The van der Waals surface area contributed by atoms with Crippen LogP contribution < -0.4 is 0 Å². The van der Waals surface area contributed by atoms with Crippen LogP contribution in [-0.2, 0) is 12.3 Å². The first-order valence-electron chi connectivity index (χ1n) is 4.52. The average Bonchev–Trinajstić information content (AvgIpc) is 2.60. The fourth-order valence-electron chi connectivity index (χ4n) is 1.51. The van der Waals surface area contributed by atoms with Crippen molar-refractivity contribution in [2.45, 2.75) is 19.2 Å². The molecule has 0 fully saturated rings. The maximum absolute atomic E-state index is 13.4. The van der Waals surface area contributed by atoms with Crippen LogP contribution in [0.15, 0.2) is 18.2 Å². The maximum atomic E-state index is 13.4. The lowest BCUT2D eigenvalue weighted by atomic mass is 10.1. The largest absolute Gasteiger partial charge is 0.207 e. The summed E-state index contributed by atoms with van der Waals surface area (Å²) in [6, 6.07) is 5.36. The smallest absolute Gasteiger partial charge is 0.128 e. The second kappa shape index (κ2) is 3.87. The van der Waals surface area contributed by atoms with E-state index in [0.717, 1.165) is 16.5 Å². The summed E-state index contributed by atoms with van der Waals surface area (Å²) in [5, 5.41) is 0.974. The Bertz CT molecular complexity index is 462. The zero-order valence-corrected chi connectivity index (χ0v) is 9.38. The molecule has 0 aliphatic rings. The summed E-state index contributed by atoms with van der Waals surface area (Å²) in [4.78, 5) is 1.27. The molecule has 1 aromatic carbocycles. The Morgan fingerprint density at radius 2 is 2.21 bits per heavy atom. The molecule has 0 aliphatic heterocycles. The second-order valence-corrected chi connectivity index (χ2v) is 4.57. The van der Waals surface area contributed by atoms with Gasteiger partial charge in [-0.15, -0.1) is 22.9 Å². The van der Waals surface area contributed by atoms with Crippen molar-refractivity contribution in [3.63, 3.8) is 0 Å². The predicted octanol–water partition coefficient (Wildman–Crippen LogP) is 4.34. The number of benzene rings is 1. The molecule has 0 unspecified atom stereocenters. The topological polar surface area (TPSA) is 0 Å². The summed E-state index contributed by atoms with van der Waals surface area (Å²) >= 11 is 7.44. The molecule has 0 saturated carbocycles. The number of rotatable bonds is 2. The van der Waals surface area contributed by atoms with Crippen LogP contribution in [0.3, 0.4) is 0 Å². The van der Waals surface area contributed by atoms with E-state index in [9.17, 15) is 4.39 Å². The molecule has 14 heavy (non-hydrogen) atoms. The van der Waals surface area contributed by atoms with Gasteiger partial charge in [-0.1, -0.05) is 6.92 Å². The summed E-state index contributed by atoms with van der Waals surface area (Å²) in [6.45, 7) is 2.10. The van der Waals surface area contributed by atoms with Gasteiger partial charge in [0.2, 0.25) is 0 Å². The highest BCUT2D eigenvalue weighted by Crippen LogP contribution is 2.30. The molecule has 0 N–H and O–H groups in total. The number of alkyl halides is 1. The van der Waals surface area contributed by atoms with Gasteiger partial charge in [0.15, 0.2) is 0 Å². The Morgan fingerprint density at radius 1 is 1.43 bits per heavy atom. The lowest BCUT2D eigenvalue weighted by molar-refractivity contribution is 0.619. The van der Waals surface area contributed by atoms with Crippen LogP contribution in [0.1, 0.15) is 17.4 Å². The lowest BCUT2D eigenvalue weighted by Gasteiger charge is -1.99. The highest BCUT2D eigenvalue weighted by molar-refractivity contribution is 7.19. The van der Waals surface area contributed by atoms with E-state index >= 15 is 0 Å². The average molecular weight is 229 g/mol. The Hall–Kier alpha value is -0.600. The third kappa shape index (κ3) is 1.53. The van der Waals surface area contributed by atoms with E-state index in [2.05, 4.69) is 6.92 Å². The zero-order chi connectivity index (χ0) is 10.1. The van der Waals surface area contributed by atoms with E-state index in [0.29, 0.717) is 5.56 Å². The maximum Gasteiger partial charge on any atom is 0.128 e. The molecule has 0 atom stereocenters. The third-order valence-corrected chi connectivity index (χ3v) is 3.80. The fraction of sp³-hybridized carbons (Fsp3) is 0.273. The van der Waals surface area contributed by atoms with Gasteiger partial charge >= 0.3 is 0 Å². The summed E-state index contributed by atoms with van der Waals surface area (Å²) in [6.07, 6.45) is 0.989. The lowest BCUT2D eigenvalue weighted by Crippen LogP contribution is -1.85. The Balaban J connectivity index is 2.73. The predicted molar refractivity (Wildman–Crippen MR) is 60.7 cm³/mol. The van der Waals surface area contributed by atoms with Crippen molar-refractivity contribution in [3.8, 4) is 0 Å². The van der Waals surface area contributed by atoms with Gasteiger partial charge in [-0.05, 0) is 24.6 Å². The van der Waals surface area contributed by atoms with E-state index in [-0.39, 0.29) is 11.7 Å². The van der Waals surface area contributed by atoms with E-state index < -0.39 is 0 Å². The van der Waals surface area contributed by atoms with Crippen LogP contribution >= 0.6 is 22.9 Å². The molecule has 1 aromatic heterocycles. The minimum atomic E-state index is -0.201. The van der Waals surface area contributed by atoms with E-state index in [4.69, 9.17) is 11.6 Å². The van der Waals surface area contributed by atoms with Crippen molar-refractivity contribution in [2.24, 2.45) is 0 Å². The molecule has 0 aliphatic carbocycles. The number of fused-ring (bicyclic) bond motifs is 1. The van der Waals surface area contributed by atoms with Gasteiger partial charge in [-0.25, -0.2) is 4.39 Å². The van der Waals surface area contributed by atoms with Crippen molar-refractivity contribution in [1.82, 2.24) is 0 Å². The van der Waals surface area contributed by atoms with Crippen molar-refractivity contribution in [3.05, 3.63) is 34.5 Å². The van der Waals surface area contributed by atoms with Crippen molar-refractivity contribution in [1.29, 1.82) is 0 Å². The molecule has 0 amide bonds. The molecular weight excluding hydrogens is 219 g/mol. The number of aryl methyl sites for hydroxylation is 1. The molecule has 0 saturated heterocycles. The van der Waals surface area contributed by atoms with Gasteiger partial charge in [0.05, 0.1) is 5.88 Å². The zero-order valence-electron chi connectivity index (χ0n) is 7.81. The first kappa shape index (κ1) is 9.94. The van der Waals surface area contributed by atoms with Crippen molar-refractivity contribution in [2.75, 3.05) is 0 Å².